The second-order valence-corrected chi connectivity index (χ2v) is 8.06. The molecule has 2 aliphatic rings. The number of nitrogens with zero attached hydrogens (tertiary/aromatic N) is 3. The Morgan fingerprint density at radius 2 is 2.14 bits per heavy atom. The minimum absolute atomic E-state index is 0.115. The lowest BCUT2D eigenvalue weighted by molar-refractivity contribution is 0.157. The van der Waals surface area contributed by atoms with Crippen molar-refractivity contribution in [3.05, 3.63) is 35.0 Å². The minimum Gasteiger partial charge on any atom is -0.462 e. The molecule has 0 radical (unpaired) electrons. The molecule has 1 aliphatic heterocycles. The normalized spacial score (nSPS) is 20.7. The third kappa shape index (κ3) is 3.24. The first-order valence-corrected chi connectivity index (χ1v) is 10.6. The molecule has 0 spiro atoms. The number of fused-ring (bicyclic) bond motifs is 2. The number of likely N-dealkylation sites (tertiary alicyclic amines) is 1. The maximum absolute atomic E-state index is 12.8. The van der Waals surface area contributed by atoms with Gasteiger partial charge in [-0.1, -0.05) is 18.1 Å². The molecule has 0 saturated carbocycles. The van der Waals surface area contributed by atoms with Gasteiger partial charge < -0.3 is 14.9 Å². The molecule has 2 atom stereocenters. The van der Waals surface area contributed by atoms with Crippen molar-refractivity contribution in [2.45, 2.75) is 51.5 Å². The van der Waals surface area contributed by atoms with Crippen LogP contribution in [0, 0.1) is 12.0 Å². The number of carbonyl (C=O) groups is 1. The van der Waals surface area contributed by atoms with E-state index in [1.165, 1.54) is 29.4 Å². The largest absolute Gasteiger partial charge is 0.462 e. The highest BCUT2D eigenvalue weighted by molar-refractivity contribution is 5.93. The third-order valence-corrected chi connectivity index (χ3v) is 6.70. The lowest BCUT2D eigenvalue weighted by Gasteiger charge is -2.42. The quantitative estimate of drug-likeness (QED) is 0.783. The molecule has 1 saturated heterocycles. The number of rotatable bonds is 4. The number of aliphatic hydroxyl groups excluding tert-OH is 1. The summed E-state index contributed by atoms with van der Waals surface area (Å²) in [4.78, 5) is 17.1. The fourth-order valence-electron chi connectivity index (χ4n) is 5.24. The number of aliphatic hydroxyl groups is 1. The molecule has 6 nitrogen and oxygen atoms in total. The van der Waals surface area contributed by atoms with Crippen molar-refractivity contribution in [1.29, 1.82) is 0 Å². The third-order valence-electron chi connectivity index (χ3n) is 6.70. The smallest absolute Gasteiger partial charge is 0.336 e. The summed E-state index contributed by atoms with van der Waals surface area (Å²) in [7, 11) is 2.22. The summed E-state index contributed by atoms with van der Waals surface area (Å²) >= 11 is 0. The maximum atomic E-state index is 12.8. The number of aromatic nitrogens is 1. The van der Waals surface area contributed by atoms with Crippen LogP contribution in [0.3, 0.4) is 0 Å². The van der Waals surface area contributed by atoms with Crippen molar-refractivity contribution in [2.24, 2.45) is 0 Å². The van der Waals surface area contributed by atoms with Crippen LogP contribution in [0.25, 0.3) is 10.9 Å². The molecule has 2 amide bonds. The summed E-state index contributed by atoms with van der Waals surface area (Å²) in [6.45, 7) is 6.39. The van der Waals surface area contributed by atoms with E-state index in [0.717, 1.165) is 24.2 Å². The Hall–Kier alpha value is -2.65. The average Bonchev–Trinajstić information content (AvgIpc) is 3.02. The summed E-state index contributed by atoms with van der Waals surface area (Å²) in [5.74, 6) is 3.33. The van der Waals surface area contributed by atoms with E-state index in [-0.39, 0.29) is 6.03 Å². The Kier molecular flexibility index (Phi) is 5.42. The maximum Gasteiger partial charge on any atom is 0.336 e. The van der Waals surface area contributed by atoms with E-state index in [1.54, 1.807) is 4.90 Å². The van der Waals surface area contributed by atoms with Crippen LogP contribution in [0.4, 0.5) is 4.79 Å². The van der Waals surface area contributed by atoms with Crippen LogP contribution in [0.2, 0.25) is 0 Å². The number of benzene rings is 1. The number of hydrogen-bond acceptors (Lipinski definition) is 3. The van der Waals surface area contributed by atoms with Crippen molar-refractivity contribution >= 4 is 16.9 Å². The van der Waals surface area contributed by atoms with Crippen LogP contribution in [-0.4, -0.2) is 58.3 Å². The fraction of sp³-hybridized carbons (Fsp3) is 0.522. The van der Waals surface area contributed by atoms with Crippen molar-refractivity contribution in [3.8, 4) is 12.0 Å². The summed E-state index contributed by atoms with van der Waals surface area (Å²) < 4.78 is 1.91. The van der Waals surface area contributed by atoms with E-state index in [0.29, 0.717) is 31.5 Å². The van der Waals surface area contributed by atoms with Gasteiger partial charge in [0.1, 0.15) is 6.11 Å². The zero-order valence-electron chi connectivity index (χ0n) is 17.5. The SMILES string of the molecule is CCN(CC)C(=O)Nn1c(CC#CO)c2c3c(cccc31)[C@H]1CCCN(C)[C@@H]1C2. The van der Waals surface area contributed by atoms with E-state index in [2.05, 4.69) is 41.5 Å². The number of urea groups is 1. The van der Waals surface area contributed by atoms with Gasteiger partial charge in [-0.3, -0.25) is 4.68 Å². The number of nitrogens with one attached hydrogen (secondary N) is 1. The molecule has 1 aliphatic carbocycles. The Morgan fingerprint density at radius 1 is 1.34 bits per heavy atom. The van der Waals surface area contributed by atoms with Crippen LogP contribution < -0.4 is 5.43 Å². The Morgan fingerprint density at radius 3 is 2.86 bits per heavy atom. The van der Waals surface area contributed by atoms with E-state index in [9.17, 15) is 4.79 Å². The standard InChI is InChI=1S/C23H30N4O2/c1-4-26(5-2)23(29)24-27-19(12-8-14-28)18-15-21-16(10-7-13-25(21)3)17-9-6-11-20(27)22(17)18/h6,9,11,16,21,28H,4-5,7,10,12-13,15H2,1-3H3,(H,24,29)/t16-,21-/m1/s1. The van der Waals surface area contributed by atoms with Crippen LogP contribution in [-0.2, 0) is 12.8 Å². The zero-order chi connectivity index (χ0) is 20.5. The number of hydrogen-bond donors (Lipinski definition) is 2. The van der Waals surface area contributed by atoms with Gasteiger partial charge in [-0.05, 0) is 63.9 Å². The molecular weight excluding hydrogens is 364 g/mol. The van der Waals surface area contributed by atoms with Crippen molar-refractivity contribution in [1.82, 2.24) is 14.5 Å². The van der Waals surface area contributed by atoms with Gasteiger partial charge in [0.15, 0.2) is 0 Å². The number of piperidine rings is 1. The van der Waals surface area contributed by atoms with Crippen molar-refractivity contribution in [3.63, 3.8) is 0 Å². The second-order valence-electron chi connectivity index (χ2n) is 8.06. The molecule has 1 aromatic heterocycles. The summed E-state index contributed by atoms with van der Waals surface area (Å²) in [6, 6.07) is 6.78. The highest BCUT2D eigenvalue weighted by Gasteiger charge is 2.38. The van der Waals surface area contributed by atoms with Crippen molar-refractivity contribution in [2.75, 3.05) is 32.1 Å². The highest BCUT2D eigenvalue weighted by atomic mass is 16.2. The van der Waals surface area contributed by atoms with Crippen LogP contribution in [0.15, 0.2) is 18.2 Å². The topological polar surface area (TPSA) is 60.7 Å². The molecule has 0 unspecified atom stereocenters. The van der Waals surface area contributed by atoms with Crippen LogP contribution >= 0.6 is 0 Å². The molecule has 2 N–H and O–H groups in total. The molecule has 2 heterocycles. The minimum atomic E-state index is -0.115. The highest BCUT2D eigenvalue weighted by Crippen LogP contribution is 2.44. The van der Waals surface area contributed by atoms with Crippen LogP contribution in [0.5, 0.6) is 0 Å². The van der Waals surface area contributed by atoms with Gasteiger partial charge in [-0.15, -0.1) is 0 Å². The van der Waals surface area contributed by atoms with Crippen LogP contribution in [0.1, 0.15) is 49.4 Å². The molecule has 1 aromatic carbocycles. The Bertz CT molecular complexity index is 980. The van der Waals surface area contributed by atoms with Gasteiger partial charge in [0.25, 0.3) is 0 Å². The predicted molar refractivity (Wildman–Crippen MR) is 115 cm³/mol. The summed E-state index contributed by atoms with van der Waals surface area (Å²) in [5, 5.41) is 10.4. The van der Waals surface area contributed by atoms with Crippen molar-refractivity contribution < 1.29 is 9.90 Å². The zero-order valence-corrected chi connectivity index (χ0v) is 17.5. The fourth-order valence-corrected chi connectivity index (χ4v) is 5.24. The lowest BCUT2D eigenvalue weighted by atomic mass is 9.74. The van der Waals surface area contributed by atoms with E-state index >= 15 is 0 Å². The predicted octanol–water partition coefficient (Wildman–Crippen LogP) is 3.26. The Balaban J connectivity index is 1.87. The first-order chi connectivity index (χ1) is 14.1. The van der Waals surface area contributed by atoms with E-state index < -0.39 is 0 Å². The summed E-state index contributed by atoms with van der Waals surface area (Å²) in [6.07, 6.45) is 5.81. The molecular formula is C23H30N4O2. The van der Waals surface area contributed by atoms with Gasteiger partial charge in [0.05, 0.1) is 17.6 Å². The molecule has 6 heteroatoms. The van der Waals surface area contributed by atoms with Gasteiger partial charge in [0, 0.05) is 30.4 Å². The monoisotopic (exact) mass is 394 g/mol. The van der Waals surface area contributed by atoms with Gasteiger partial charge >= 0.3 is 6.03 Å². The van der Waals surface area contributed by atoms with Gasteiger partial charge in [-0.2, -0.15) is 0 Å². The number of amides is 2. The van der Waals surface area contributed by atoms with Gasteiger partial charge in [0.2, 0.25) is 0 Å². The molecule has 0 bridgehead atoms. The molecule has 29 heavy (non-hydrogen) atoms. The van der Waals surface area contributed by atoms with Gasteiger partial charge in [-0.25, -0.2) is 10.2 Å². The Labute approximate surface area is 172 Å². The first kappa shape index (κ1) is 19.7. The van der Waals surface area contributed by atoms with E-state index in [1.807, 2.05) is 24.6 Å². The molecule has 2 aromatic rings. The average molecular weight is 395 g/mol. The lowest BCUT2D eigenvalue weighted by Crippen LogP contribution is -2.44. The molecule has 154 valence electrons. The number of carbonyl (C=O) groups excluding carboxylic acids is 1. The summed E-state index contributed by atoms with van der Waals surface area (Å²) in [5.41, 5.74) is 7.75. The van der Waals surface area contributed by atoms with E-state index in [4.69, 9.17) is 5.11 Å². The molecule has 1 fully saturated rings. The second kappa shape index (κ2) is 8.00. The molecule has 4 rings (SSSR count). The first-order valence-electron chi connectivity index (χ1n) is 10.6. The number of likely N-dealkylation sites (N-methyl/N-ethyl adjacent to an activating group) is 1.